The van der Waals surface area contributed by atoms with E-state index >= 15 is 0 Å². The molecule has 0 aliphatic heterocycles. The molecule has 3 N–H and O–H groups in total. The van der Waals surface area contributed by atoms with Crippen molar-refractivity contribution in [1.82, 2.24) is 4.90 Å². The number of carbonyl (C=O) groups is 1. The molecule has 2 saturated carbocycles. The van der Waals surface area contributed by atoms with Crippen molar-refractivity contribution in [3.05, 3.63) is 0 Å². The van der Waals surface area contributed by atoms with Crippen LogP contribution in [0.15, 0.2) is 5.16 Å². The van der Waals surface area contributed by atoms with E-state index < -0.39 is 5.41 Å². The van der Waals surface area contributed by atoms with E-state index in [-0.39, 0.29) is 11.7 Å². The molecule has 2 aliphatic carbocycles. The molecule has 5 heteroatoms. The number of amidine groups is 1. The second-order valence-corrected chi connectivity index (χ2v) is 6.25. The molecule has 2 fully saturated rings. The van der Waals surface area contributed by atoms with Gasteiger partial charge in [-0.25, -0.2) is 0 Å². The Morgan fingerprint density at radius 2 is 1.89 bits per heavy atom. The van der Waals surface area contributed by atoms with Crippen molar-refractivity contribution in [2.45, 2.75) is 57.9 Å². The first-order valence-corrected chi connectivity index (χ1v) is 7.26. The molecular formula is C14H25N3O2. The fraction of sp³-hybridized carbons (Fsp3) is 0.857. The van der Waals surface area contributed by atoms with Crippen LogP contribution in [0.25, 0.3) is 0 Å². The maximum Gasteiger partial charge on any atom is 0.236 e. The van der Waals surface area contributed by atoms with Gasteiger partial charge in [-0.3, -0.25) is 4.79 Å². The van der Waals surface area contributed by atoms with Crippen molar-refractivity contribution in [3.8, 4) is 0 Å². The summed E-state index contributed by atoms with van der Waals surface area (Å²) in [7, 11) is 1.87. The molecule has 0 heterocycles. The lowest BCUT2D eigenvalue weighted by molar-refractivity contribution is -0.143. The second-order valence-electron chi connectivity index (χ2n) is 6.25. The van der Waals surface area contributed by atoms with E-state index in [2.05, 4.69) is 12.1 Å². The standard InChI is InChI=1S/C14H25N3O2/c1-10-4-6-11(7-5-10)17(2)13(18)14(8-3-9-14)12(15)16-19/h10-11,19H,3-9H2,1-2H3,(H2,15,16). The summed E-state index contributed by atoms with van der Waals surface area (Å²) >= 11 is 0. The zero-order valence-corrected chi connectivity index (χ0v) is 11.9. The molecule has 0 aromatic carbocycles. The summed E-state index contributed by atoms with van der Waals surface area (Å²) < 4.78 is 0. The summed E-state index contributed by atoms with van der Waals surface area (Å²) in [6, 6.07) is 0.313. The Bertz CT molecular complexity index is 369. The van der Waals surface area contributed by atoms with Crippen LogP contribution in [0.4, 0.5) is 0 Å². The van der Waals surface area contributed by atoms with Gasteiger partial charge in [0.25, 0.3) is 0 Å². The minimum absolute atomic E-state index is 0.0357. The van der Waals surface area contributed by atoms with Crippen molar-refractivity contribution in [1.29, 1.82) is 0 Å². The van der Waals surface area contributed by atoms with E-state index in [4.69, 9.17) is 10.9 Å². The highest BCUT2D eigenvalue weighted by Gasteiger charge is 2.50. The van der Waals surface area contributed by atoms with Crippen LogP contribution in [-0.4, -0.2) is 34.9 Å². The Morgan fingerprint density at radius 3 is 2.32 bits per heavy atom. The predicted molar refractivity (Wildman–Crippen MR) is 73.9 cm³/mol. The smallest absolute Gasteiger partial charge is 0.236 e. The van der Waals surface area contributed by atoms with E-state index in [1.807, 2.05) is 11.9 Å². The summed E-state index contributed by atoms with van der Waals surface area (Å²) in [6.07, 6.45) is 6.87. The summed E-state index contributed by atoms with van der Waals surface area (Å²) in [6.45, 7) is 2.27. The number of nitrogens with two attached hydrogens (primary N) is 1. The van der Waals surface area contributed by atoms with Crippen molar-refractivity contribution in [2.24, 2.45) is 22.2 Å². The normalized spacial score (nSPS) is 30.5. The zero-order chi connectivity index (χ0) is 14.0. The summed E-state index contributed by atoms with van der Waals surface area (Å²) in [5, 5.41) is 12.0. The number of carbonyl (C=O) groups excluding carboxylic acids is 1. The number of amides is 1. The third kappa shape index (κ3) is 2.42. The summed E-state index contributed by atoms with van der Waals surface area (Å²) in [5.41, 5.74) is 5.03. The Hall–Kier alpha value is -1.26. The minimum atomic E-state index is -0.730. The number of rotatable bonds is 3. The number of oxime groups is 1. The molecule has 0 aromatic heterocycles. The van der Waals surface area contributed by atoms with Gasteiger partial charge in [-0.1, -0.05) is 18.5 Å². The fourth-order valence-electron chi connectivity index (χ4n) is 3.34. The van der Waals surface area contributed by atoms with Crippen LogP contribution in [0.3, 0.4) is 0 Å². The van der Waals surface area contributed by atoms with Gasteiger partial charge in [-0.2, -0.15) is 0 Å². The number of nitrogens with zero attached hydrogens (tertiary/aromatic N) is 2. The largest absolute Gasteiger partial charge is 0.409 e. The first-order chi connectivity index (χ1) is 9.01. The van der Waals surface area contributed by atoms with Gasteiger partial charge in [0, 0.05) is 13.1 Å². The first-order valence-electron chi connectivity index (χ1n) is 7.26. The third-order valence-electron chi connectivity index (χ3n) is 5.07. The van der Waals surface area contributed by atoms with Crippen LogP contribution in [0.2, 0.25) is 0 Å². The molecule has 0 atom stereocenters. The summed E-state index contributed by atoms with van der Waals surface area (Å²) in [4.78, 5) is 14.5. The molecule has 0 unspecified atom stereocenters. The molecule has 0 radical (unpaired) electrons. The zero-order valence-electron chi connectivity index (χ0n) is 11.9. The van der Waals surface area contributed by atoms with Crippen LogP contribution in [-0.2, 0) is 4.79 Å². The van der Waals surface area contributed by atoms with Crippen LogP contribution in [0, 0.1) is 11.3 Å². The maximum atomic E-state index is 12.7. The molecular weight excluding hydrogens is 242 g/mol. The van der Waals surface area contributed by atoms with Gasteiger partial charge in [0.1, 0.15) is 5.41 Å². The van der Waals surface area contributed by atoms with Crippen molar-refractivity contribution < 1.29 is 10.0 Å². The van der Waals surface area contributed by atoms with Crippen molar-refractivity contribution in [2.75, 3.05) is 7.05 Å². The van der Waals surface area contributed by atoms with Crippen LogP contribution in [0.5, 0.6) is 0 Å². The van der Waals surface area contributed by atoms with Gasteiger partial charge < -0.3 is 15.8 Å². The molecule has 2 aliphatic rings. The topological polar surface area (TPSA) is 78.9 Å². The van der Waals surface area contributed by atoms with Crippen molar-refractivity contribution >= 4 is 11.7 Å². The molecule has 0 aromatic rings. The Labute approximate surface area is 114 Å². The molecule has 5 nitrogen and oxygen atoms in total. The lowest BCUT2D eigenvalue weighted by atomic mass is 9.66. The van der Waals surface area contributed by atoms with E-state index in [1.54, 1.807) is 0 Å². The van der Waals surface area contributed by atoms with E-state index in [0.29, 0.717) is 18.9 Å². The fourth-order valence-corrected chi connectivity index (χ4v) is 3.34. The van der Waals surface area contributed by atoms with E-state index in [0.717, 1.165) is 25.2 Å². The van der Waals surface area contributed by atoms with Gasteiger partial charge in [-0.15, -0.1) is 0 Å². The molecule has 0 bridgehead atoms. The molecule has 1 amide bonds. The summed E-state index contributed by atoms with van der Waals surface area (Å²) in [5.74, 6) is 0.884. The average Bonchev–Trinajstić information content (AvgIpc) is 2.37. The monoisotopic (exact) mass is 267 g/mol. The van der Waals surface area contributed by atoms with Gasteiger partial charge in [0.15, 0.2) is 5.84 Å². The van der Waals surface area contributed by atoms with Gasteiger partial charge >= 0.3 is 0 Å². The maximum absolute atomic E-state index is 12.7. The van der Waals surface area contributed by atoms with E-state index in [9.17, 15) is 4.79 Å². The quantitative estimate of drug-likeness (QED) is 0.355. The highest BCUT2D eigenvalue weighted by Crippen LogP contribution is 2.43. The Morgan fingerprint density at radius 1 is 1.32 bits per heavy atom. The average molecular weight is 267 g/mol. The number of hydrogen-bond acceptors (Lipinski definition) is 3. The highest BCUT2D eigenvalue weighted by atomic mass is 16.4. The lowest BCUT2D eigenvalue weighted by Crippen LogP contribution is -2.56. The molecule has 0 spiro atoms. The Balaban J connectivity index is 2.06. The molecule has 0 saturated heterocycles. The highest BCUT2D eigenvalue weighted by molar-refractivity contribution is 6.07. The Kier molecular flexibility index (Phi) is 4.02. The molecule has 2 rings (SSSR count). The van der Waals surface area contributed by atoms with Crippen LogP contribution >= 0.6 is 0 Å². The minimum Gasteiger partial charge on any atom is -0.409 e. The third-order valence-corrected chi connectivity index (χ3v) is 5.07. The molecule has 108 valence electrons. The van der Waals surface area contributed by atoms with Gasteiger partial charge in [0.05, 0.1) is 0 Å². The number of hydrogen-bond donors (Lipinski definition) is 2. The predicted octanol–water partition coefficient (Wildman–Crippen LogP) is 1.94. The van der Waals surface area contributed by atoms with Crippen molar-refractivity contribution in [3.63, 3.8) is 0 Å². The van der Waals surface area contributed by atoms with Crippen LogP contribution in [0.1, 0.15) is 51.9 Å². The SMILES string of the molecule is CC1CCC(N(C)C(=O)C2(C(N)=NO)CCC2)CC1. The lowest BCUT2D eigenvalue weighted by Gasteiger charge is -2.44. The second kappa shape index (κ2) is 5.39. The van der Waals surface area contributed by atoms with Gasteiger partial charge in [-0.05, 0) is 44.4 Å². The molecule has 19 heavy (non-hydrogen) atoms. The first kappa shape index (κ1) is 14.2. The van der Waals surface area contributed by atoms with Crippen LogP contribution < -0.4 is 5.73 Å². The van der Waals surface area contributed by atoms with Gasteiger partial charge in [0.2, 0.25) is 5.91 Å². The van der Waals surface area contributed by atoms with E-state index in [1.165, 1.54) is 12.8 Å².